The maximum atomic E-state index is 5.04. The summed E-state index contributed by atoms with van der Waals surface area (Å²) in [6, 6.07) is 55.5. The van der Waals surface area contributed by atoms with Gasteiger partial charge in [-0.25, -0.2) is 4.98 Å². The van der Waals surface area contributed by atoms with Crippen LogP contribution in [-0.2, 0) is 0 Å². The number of rotatable bonds is 3. The van der Waals surface area contributed by atoms with Crippen LogP contribution in [0.15, 0.2) is 152 Å². The van der Waals surface area contributed by atoms with E-state index in [0.29, 0.717) is 0 Å². The molecule has 0 spiro atoms. The van der Waals surface area contributed by atoms with Crippen LogP contribution >= 0.6 is 11.3 Å². The van der Waals surface area contributed by atoms with Gasteiger partial charge in [0.25, 0.3) is 0 Å². The van der Waals surface area contributed by atoms with E-state index in [-0.39, 0.29) is 0 Å². The average Bonchev–Trinajstić information content (AvgIpc) is 3.69. The number of nitrogens with zero attached hydrogens (tertiary/aromatic N) is 1. The maximum Gasteiger partial charge on any atom is 0.124 e. The second-order valence-electron chi connectivity index (χ2n) is 11.9. The van der Waals surface area contributed by atoms with E-state index < -0.39 is 0 Å². The fourth-order valence-electron chi connectivity index (χ4n) is 7.33. The van der Waals surface area contributed by atoms with Crippen LogP contribution in [0.3, 0.4) is 0 Å². The lowest BCUT2D eigenvalue weighted by atomic mass is 9.92. The summed E-state index contributed by atoms with van der Waals surface area (Å²) in [4.78, 5) is 5.04. The summed E-state index contributed by atoms with van der Waals surface area (Å²) < 4.78 is 1.25. The van der Waals surface area contributed by atoms with E-state index in [9.17, 15) is 0 Å². The summed E-state index contributed by atoms with van der Waals surface area (Å²) >= 11 is 1.79. The van der Waals surface area contributed by atoms with Crippen molar-refractivity contribution >= 4 is 53.9 Å². The summed E-state index contributed by atoms with van der Waals surface area (Å²) in [6.07, 6.45) is 0. The first-order valence-corrected chi connectivity index (χ1v) is 16.2. The van der Waals surface area contributed by atoms with Gasteiger partial charge in [0, 0.05) is 10.9 Å². The van der Waals surface area contributed by atoms with Crippen molar-refractivity contribution in [1.29, 1.82) is 0 Å². The minimum absolute atomic E-state index is 1.06. The zero-order chi connectivity index (χ0) is 29.5. The van der Waals surface area contributed by atoms with Gasteiger partial charge in [-0.2, -0.15) is 0 Å². The normalized spacial score (nSPS) is 12.0. The highest BCUT2D eigenvalue weighted by Gasteiger charge is 2.22. The van der Waals surface area contributed by atoms with Gasteiger partial charge < -0.3 is 0 Å². The fourth-order valence-corrected chi connectivity index (χ4v) is 8.47. The van der Waals surface area contributed by atoms with Crippen LogP contribution in [0, 0.1) is 0 Å². The van der Waals surface area contributed by atoms with Crippen LogP contribution in [0.5, 0.6) is 0 Å². The fraction of sp³-hybridized carbons (Fsp3) is 0. The summed E-state index contributed by atoms with van der Waals surface area (Å²) in [7, 11) is 0. The zero-order valence-electron chi connectivity index (χ0n) is 24.3. The minimum atomic E-state index is 1.06. The molecule has 10 rings (SSSR count). The van der Waals surface area contributed by atoms with E-state index in [4.69, 9.17) is 4.98 Å². The van der Waals surface area contributed by atoms with Crippen LogP contribution < -0.4 is 0 Å². The third-order valence-electron chi connectivity index (χ3n) is 9.43. The van der Waals surface area contributed by atoms with Gasteiger partial charge in [0.05, 0.1) is 10.2 Å². The molecule has 2 heteroatoms. The molecule has 0 N–H and O–H groups in total. The quantitative estimate of drug-likeness (QED) is 0.187. The lowest BCUT2D eigenvalue weighted by molar-refractivity contribution is 1.48. The largest absolute Gasteiger partial charge is 0.236 e. The monoisotopic (exact) mass is 587 g/mol. The smallest absolute Gasteiger partial charge is 0.124 e. The van der Waals surface area contributed by atoms with Crippen molar-refractivity contribution in [2.45, 2.75) is 0 Å². The van der Waals surface area contributed by atoms with Gasteiger partial charge >= 0.3 is 0 Å². The standard InChI is InChI=1S/C43H25NS/c1-2-8-28(9-3-1)43-44-39-23-20-27-18-16-26-17-19-30(25-38(26)40(27)42(39)45-43)29-10-6-11-31(24-29)32-21-22-37-34-13-5-4-12-33(34)36-15-7-14-35(32)41(36)37/h1-25H. The average molecular weight is 588 g/mol. The van der Waals surface area contributed by atoms with Crippen molar-refractivity contribution in [3.05, 3.63) is 152 Å². The third kappa shape index (κ3) is 3.70. The van der Waals surface area contributed by atoms with E-state index in [1.165, 1.54) is 81.5 Å². The van der Waals surface area contributed by atoms with Gasteiger partial charge in [-0.05, 0) is 89.6 Å². The Balaban J connectivity index is 1.14. The number of hydrogen-bond acceptors (Lipinski definition) is 2. The van der Waals surface area contributed by atoms with Crippen molar-refractivity contribution in [2.75, 3.05) is 0 Å². The summed E-state index contributed by atoms with van der Waals surface area (Å²) in [6.45, 7) is 0. The predicted octanol–water partition coefficient (Wildman–Crippen LogP) is 12.4. The molecule has 0 atom stereocenters. The first-order valence-electron chi connectivity index (χ1n) is 15.4. The SMILES string of the molecule is c1ccc(-c2nc3ccc4ccc5ccc(-c6cccc(-c7ccc8c9c(cccc79)-c7ccccc7-8)c6)cc5c4c3s2)cc1. The highest BCUT2D eigenvalue weighted by Crippen LogP contribution is 2.49. The Morgan fingerprint density at radius 1 is 0.378 bits per heavy atom. The molecular formula is C43H25NS. The van der Waals surface area contributed by atoms with Crippen LogP contribution in [0.4, 0.5) is 0 Å². The van der Waals surface area contributed by atoms with Crippen molar-refractivity contribution in [3.63, 3.8) is 0 Å². The molecule has 0 fully saturated rings. The molecule has 1 nitrogen and oxygen atoms in total. The molecule has 0 saturated carbocycles. The van der Waals surface area contributed by atoms with E-state index in [1.54, 1.807) is 11.3 Å². The van der Waals surface area contributed by atoms with Gasteiger partial charge in [-0.3, -0.25) is 0 Å². The summed E-state index contributed by atoms with van der Waals surface area (Å²) in [5.41, 5.74) is 12.5. The molecule has 0 bridgehead atoms. The van der Waals surface area contributed by atoms with Crippen LogP contribution in [0.2, 0.25) is 0 Å². The molecule has 8 aromatic carbocycles. The molecule has 0 aliphatic heterocycles. The van der Waals surface area contributed by atoms with Crippen LogP contribution in [-0.4, -0.2) is 4.98 Å². The number of aromatic nitrogens is 1. The molecule has 9 aromatic rings. The molecular weight excluding hydrogens is 563 g/mol. The predicted molar refractivity (Wildman–Crippen MR) is 193 cm³/mol. The van der Waals surface area contributed by atoms with E-state index in [0.717, 1.165) is 16.1 Å². The molecule has 1 heterocycles. The molecule has 208 valence electrons. The Bertz CT molecular complexity index is 2620. The molecule has 0 amide bonds. The molecule has 45 heavy (non-hydrogen) atoms. The number of fused-ring (bicyclic) bond motifs is 8. The molecule has 1 aliphatic rings. The molecule has 0 saturated heterocycles. The maximum absolute atomic E-state index is 5.04. The first kappa shape index (κ1) is 24.8. The highest BCUT2D eigenvalue weighted by atomic mass is 32.1. The molecule has 0 radical (unpaired) electrons. The van der Waals surface area contributed by atoms with Crippen molar-refractivity contribution in [3.8, 4) is 55.1 Å². The van der Waals surface area contributed by atoms with Gasteiger partial charge in [-0.15, -0.1) is 11.3 Å². The Morgan fingerprint density at radius 2 is 1.02 bits per heavy atom. The van der Waals surface area contributed by atoms with Gasteiger partial charge in [0.15, 0.2) is 0 Å². The Hall–Kier alpha value is -5.57. The zero-order valence-corrected chi connectivity index (χ0v) is 25.1. The summed E-state index contributed by atoms with van der Waals surface area (Å²) in [5.74, 6) is 0. The van der Waals surface area contributed by atoms with Gasteiger partial charge in [0.1, 0.15) is 5.01 Å². The van der Waals surface area contributed by atoms with Gasteiger partial charge in [-0.1, -0.05) is 133 Å². The van der Waals surface area contributed by atoms with E-state index in [2.05, 4.69) is 152 Å². The second kappa shape index (κ2) is 9.46. The number of hydrogen-bond donors (Lipinski definition) is 0. The van der Waals surface area contributed by atoms with E-state index >= 15 is 0 Å². The van der Waals surface area contributed by atoms with Crippen LogP contribution in [0.1, 0.15) is 0 Å². The van der Waals surface area contributed by atoms with E-state index in [1.807, 2.05) is 0 Å². The number of benzene rings is 8. The lowest BCUT2D eigenvalue weighted by Gasteiger charge is -2.12. The first-order chi connectivity index (χ1) is 22.3. The Morgan fingerprint density at radius 3 is 1.91 bits per heavy atom. The second-order valence-corrected chi connectivity index (χ2v) is 12.9. The topological polar surface area (TPSA) is 12.9 Å². The Kier molecular flexibility index (Phi) is 5.22. The van der Waals surface area contributed by atoms with Crippen molar-refractivity contribution in [1.82, 2.24) is 4.98 Å². The summed E-state index contributed by atoms with van der Waals surface area (Å²) in [5, 5.41) is 8.79. The molecule has 0 unspecified atom stereocenters. The van der Waals surface area contributed by atoms with Gasteiger partial charge in [0.2, 0.25) is 0 Å². The lowest BCUT2D eigenvalue weighted by Crippen LogP contribution is -1.86. The van der Waals surface area contributed by atoms with Crippen LogP contribution in [0.25, 0.3) is 97.6 Å². The highest BCUT2D eigenvalue weighted by molar-refractivity contribution is 7.22. The third-order valence-corrected chi connectivity index (χ3v) is 10.6. The number of thiazole rings is 1. The van der Waals surface area contributed by atoms with Crippen molar-refractivity contribution in [2.24, 2.45) is 0 Å². The van der Waals surface area contributed by atoms with Crippen molar-refractivity contribution < 1.29 is 0 Å². The molecule has 1 aliphatic carbocycles. The minimum Gasteiger partial charge on any atom is -0.236 e. The Labute approximate surface area is 264 Å². The molecule has 1 aromatic heterocycles.